The van der Waals surface area contributed by atoms with Crippen LogP contribution in [0.5, 0.6) is 0 Å². The molecule has 90 valence electrons. The van der Waals surface area contributed by atoms with Gasteiger partial charge in [-0.25, -0.2) is 8.78 Å². The Morgan fingerprint density at radius 1 is 1.31 bits per heavy atom. The van der Waals surface area contributed by atoms with Crippen LogP contribution in [0.1, 0.15) is 19.4 Å². The van der Waals surface area contributed by atoms with Crippen LogP contribution in [0.4, 0.5) is 8.78 Å². The Balaban J connectivity index is 2.90. The van der Waals surface area contributed by atoms with Crippen LogP contribution in [0.3, 0.4) is 0 Å². The van der Waals surface area contributed by atoms with Crippen molar-refractivity contribution in [3.8, 4) is 0 Å². The van der Waals surface area contributed by atoms with Gasteiger partial charge in [-0.05, 0) is 23.6 Å². The topological polar surface area (TPSA) is 46.2 Å². The van der Waals surface area contributed by atoms with Crippen molar-refractivity contribution in [1.82, 2.24) is 0 Å². The number of rotatable bonds is 4. The van der Waals surface area contributed by atoms with Crippen LogP contribution >= 0.6 is 0 Å². The summed E-state index contributed by atoms with van der Waals surface area (Å²) in [6.07, 6.45) is 0.221. The molecule has 0 heterocycles. The first-order valence-corrected chi connectivity index (χ1v) is 5.25. The van der Waals surface area contributed by atoms with Crippen molar-refractivity contribution in [3.63, 3.8) is 0 Å². The standard InChI is InChI=1S/C12H17F2NO/c1-8(2)12(16,7-15)6-9-3-4-10(13)11(14)5-9/h3-5,8,16H,6-7,15H2,1-2H3. The Morgan fingerprint density at radius 2 is 1.94 bits per heavy atom. The van der Waals surface area contributed by atoms with Gasteiger partial charge in [0.15, 0.2) is 11.6 Å². The van der Waals surface area contributed by atoms with Crippen LogP contribution in [0.15, 0.2) is 18.2 Å². The summed E-state index contributed by atoms with van der Waals surface area (Å²) < 4.78 is 25.7. The largest absolute Gasteiger partial charge is 0.388 e. The fourth-order valence-corrected chi connectivity index (χ4v) is 1.52. The van der Waals surface area contributed by atoms with Crippen LogP contribution in [-0.4, -0.2) is 17.3 Å². The van der Waals surface area contributed by atoms with Gasteiger partial charge in [-0.15, -0.1) is 0 Å². The zero-order chi connectivity index (χ0) is 12.3. The molecule has 0 aliphatic rings. The maximum absolute atomic E-state index is 13.0. The molecule has 4 heteroatoms. The Labute approximate surface area is 94.1 Å². The van der Waals surface area contributed by atoms with Crippen molar-refractivity contribution in [2.45, 2.75) is 25.9 Å². The molecule has 0 spiro atoms. The van der Waals surface area contributed by atoms with E-state index in [-0.39, 0.29) is 18.9 Å². The van der Waals surface area contributed by atoms with E-state index in [1.54, 1.807) is 0 Å². The molecule has 0 radical (unpaired) electrons. The molecule has 0 aromatic heterocycles. The van der Waals surface area contributed by atoms with E-state index in [0.717, 1.165) is 12.1 Å². The first-order valence-electron chi connectivity index (χ1n) is 5.25. The highest BCUT2D eigenvalue weighted by atomic mass is 19.2. The third-order valence-electron chi connectivity index (χ3n) is 2.92. The van der Waals surface area contributed by atoms with E-state index in [9.17, 15) is 13.9 Å². The Bertz CT molecular complexity index is 368. The second-order valence-corrected chi connectivity index (χ2v) is 4.39. The molecule has 1 unspecified atom stereocenters. The first-order chi connectivity index (χ1) is 7.39. The average Bonchev–Trinajstić information content (AvgIpc) is 2.23. The monoisotopic (exact) mass is 229 g/mol. The summed E-state index contributed by atoms with van der Waals surface area (Å²) >= 11 is 0. The zero-order valence-electron chi connectivity index (χ0n) is 9.50. The predicted molar refractivity (Wildman–Crippen MR) is 58.9 cm³/mol. The van der Waals surface area contributed by atoms with Crippen LogP contribution < -0.4 is 5.73 Å². The van der Waals surface area contributed by atoms with Crippen molar-refractivity contribution in [3.05, 3.63) is 35.4 Å². The normalized spacial score (nSPS) is 15.2. The molecule has 1 rings (SSSR count). The fourth-order valence-electron chi connectivity index (χ4n) is 1.52. The van der Waals surface area contributed by atoms with Crippen molar-refractivity contribution in [1.29, 1.82) is 0 Å². The van der Waals surface area contributed by atoms with Gasteiger partial charge in [-0.1, -0.05) is 19.9 Å². The first kappa shape index (κ1) is 13.1. The highest BCUT2D eigenvalue weighted by molar-refractivity contribution is 5.20. The van der Waals surface area contributed by atoms with Crippen molar-refractivity contribution in [2.24, 2.45) is 11.7 Å². The number of aliphatic hydroxyl groups is 1. The predicted octanol–water partition coefficient (Wildman–Crippen LogP) is 1.85. The minimum absolute atomic E-state index is 0.0504. The summed E-state index contributed by atoms with van der Waals surface area (Å²) in [5, 5.41) is 10.2. The summed E-state index contributed by atoms with van der Waals surface area (Å²) in [7, 11) is 0. The molecular weight excluding hydrogens is 212 g/mol. The van der Waals surface area contributed by atoms with E-state index < -0.39 is 17.2 Å². The SMILES string of the molecule is CC(C)C(O)(CN)Cc1ccc(F)c(F)c1. The summed E-state index contributed by atoms with van der Waals surface area (Å²) in [6.45, 7) is 3.77. The smallest absolute Gasteiger partial charge is 0.159 e. The molecule has 3 N–H and O–H groups in total. The van der Waals surface area contributed by atoms with Gasteiger partial charge >= 0.3 is 0 Å². The fraction of sp³-hybridized carbons (Fsp3) is 0.500. The van der Waals surface area contributed by atoms with E-state index in [1.807, 2.05) is 13.8 Å². The Morgan fingerprint density at radius 3 is 2.38 bits per heavy atom. The van der Waals surface area contributed by atoms with E-state index in [1.165, 1.54) is 6.07 Å². The van der Waals surface area contributed by atoms with Gasteiger partial charge < -0.3 is 10.8 Å². The Hall–Kier alpha value is -1.00. The second kappa shape index (κ2) is 4.89. The van der Waals surface area contributed by atoms with Crippen LogP contribution in [0, 0.1) is 17.6 Å². The number of benzene rings is 1. The molecule has 0 aliphatic carbocycles. The van der Waals surface area contributed by atoms with E-state index in [0.29, 0.717) is 5.56 Å². The summed E-state index contributed by atoms with van der Waals surface area (Å²) in [6, 6.07) is 3.61. The molecule has 2 nitrogen and oxygen atoms in total. The van der Waals surface area contributed by atoms with Gasteiger partial charge in [0.1, 0.15) is 0 Å². The van der Waals surface area contributed by atoms with Crippen LogP contribution in [0.25, 0.3) is 0 Å². The van der Waals surface area contributed by atoms with Gasteiger partial charge in [0, 0.05) is 13.0 Å². The van der Waals surface area contributed by atoms with Crippen molar-refractivity contribution in [2.75, 3.05) is 6.54 Å². The zero-order valence-corrected chi connectivity index (χ0v) is 9.50. The molecule has 1 aromatic rings. The average molecular weight is 229 g/mol. The minimum Gasteiger partial charge on any atom is -0.388 e. The van der Waals surface area contributed by atoms with Gasteiger partial charge in [0.2, 0.25) is 0 Å². The van der Waals surface area contributed by atoms with Gasteiger partial charge in [0.05, 0.1) is 5.60 Å². The highest BCUT2D eigenvalue weighted by Crippen LogP contribution is 2.22. The lowest BCUT2D eigenvalue weighted by molar-refractivity contribution is 0.00401. The lowest BCUT2D eigenvalue weighted by Gasteiger charge is -2.30. The maximum Gasteiger partial charge on any atom is 0.159 e. The summed E-state index contributed by atoms with van der Waals surface area (Å²) in [5.41, 5.74) is 4.97. The van der Waals surface area contributed by atoms with Gasteiger partial charge in [-0.3, -0.25) is 0 Å². The molecule has 1 aromatic carbocycles. The molecule has 1 atom stereocenters. The number of halogens is 2. The van der Waals surface area contributed by atoms with Gasteiger partial charge in [0.25, 0.3) is 0 Å². The molecular formula is C12H17F2NO. The van der Waals surface area contributed by atoms with E-state index in [2.05, 4.69) is 0 Å². The molecule has 0 fully saturated rings. The van der Waals surface area contributed by atoms with Crippen LogP contribution in [0.2, 0.25) is 0 Å². The van der Waals surface area contributed by atoms with Gasteiger partial charge in [-0.2, -0.15) is 0 Å². The molecule has 0 bridgehead atoms. The lowest BCUT2D eigenvalue weighted by Crippen LogP contribution is -2.44. The van der Waals surface area contributed by atoms with E-state index >= 15 is 0 Å². The molecule has 0 saturated heterocycles. The van der Waals surface area contributed by atoms with Crippen LogP contribution in [-0.2, 0) is 6.42 Å². The van der Waals surface area contributed by atoms with Crippen molar-refractivity contribution >= 4 is 0 Å². The number of hydrogen-bond donors (Lipinski definition) is 2. The number of hydrogen-bond acceptors (Lipinski definition) is 2. The highest BCUT2D eigenvalue weighted by Gasteiger charge is 2.29. The molecule has 0 aliphatic heterocycles. The third kappa shape index (κ3) is 2.77. The van der Waals surface area contributed by atoms with E-state index in [4.69, 9.17) is 5.73 Å². The Kier molecular flexibility index (Phi) is 3.99. The minimum atomic E-state index is -1.08. The van der Waals surface area contributed by atoms with Crippen molar-refractivity contribution < 1.29 is 13.9 Å². The summed E-state index contributed by atoms with van der Waals surface area (Å²) in [5.74, 6) is -1.84. The lowest BCUT2D eigenvalue weighted by atomic mass is 9.84. The molecule has 0 saturated carbocycles. The second-order valence-electron chi connectivity index (χ2n) is 4.39. The molecule has 16 heavy (non-hydrogen) atoms. The quantitative estimate of drug-likeness (QED) is 0.827. The number of nitrogens with two attached hydrogens (primary N) is 1. The molecule has 0 amide bonds. The third-order valence-corrected chi connectivity index (χ3v) is 2.92. The summed E-state index contributed by atoms with van der Waals surface area (Å²) in [4.78, 5) is 0. The maximum atomic E-state index is 13.0.